The second kappa shape index (κ2) is 4.71. The molecule has 0 unspecified atom stereocenters. The molecule has 0 amide bonds. The van der Waals surface area contributed by atoms with Crippen LogP contribution in [0.25, 0.3) is 0 Å². The van der Waals surface area contributed by atoms with Gasteiger partial charge in [0.05, 0.1) is 4.99 Å². The predicted octanol–water partition coefficient (Wildman–Crippen LogP) is 3.43. The Labute approximate surface area is 97.1 Å². The van der Waals surface area contributed by atoms with E-state index in [1.54, 1.807) is 0 Å². The maximum atomic E-state index is 5.28. The highest BCUT2D eigenvalue weighted by atomic mass is 32.1. The van der Waals surface area contributed by atoms with Gasteiger partial charge in [0.25, 0.3) is 0 Å². The van der Waals surface area contributed by atoms with Gasteiger partial charge in [-0.05, 0) is 18.1 Å². The summed E-state index contributed by atoms with van der Waals surface area (Å²) in [7, 11) is 0. The fraction of sp³-hybridized carbons (Fsp3) is 0.500. The van der Waals surface area contributed by atoms with Crippen molar-refractivity contribution in [3.05, 3.63) is 23.9 Å². The maximum Gasteiger partial charge on any atom is 0.130 e. The summed E-state index contributed by atoms with van der Waals surface area (Å²) < 4.78 is 0. The third kappa shape index (κ3) is 3.59. The van der Waals surface area contributed by atoms with E-state index in [-0.39, 0.29) is 5.41 Å². The molecule has 0 spiro atoms. The Bertz CT molecular complexity index is 336. The van der Waals surface area contributed by atoms with Crippen molar-refractivity contribution in [3.8, 4) is 0 Å². The lowest BCUT2D eigenvalue weighted by Crippen LogP contribution is -2.26. The first-order valence-electron chi connectivity index (χ1n) is 5.20. The van der Waals surface area contributed by atoms with Crippen molar-refractivity contribution in [2.75, 3.05) is 5.32 Å². The Hall–Kier alpha value is -0.960. The minimum atomic E-state index is -0.0135. The second-order valence-corrected chi connectivity index (χ2v) is 5.02. The number of anilines is 1. The van der Waals surface area contributed by atoms with Crippen LogP contribution in [-0.4, -0.2) is 9.97 Å². The Morgan fingerprint density at radius 1 is 1.40 bits per heavy atom. The van der Waals surface area contributed by atoms with Gasteiger partial charge >= 0.3 is 0 Å². The van der Waals surface area contributed by atoms with E-state index in [0.717, 1.165) is 17.2 Å². The quantitative estimate of drug-likeness (QED) is 0.776. The van der Waals surface area contributed by atoms with Crippen LogP contribution in [0.3, 0.4) is 0 Å². The highest BCUT2D eigenvalue weighted by Crippen LogP contribution is 2.17. The molecule has 3 heteroatoms. The largest absolute Gasteiger partial charge is 0.334 e. The van der Waals surface area contributed by atoms with Gasteiger partial charge in [0.1, 0.15) is 5.82 Å². The summed E-state index contributed by atoms with van der Waals surface area (Å²) in [5.74, 6) is 0.826. The van der Waals surface area contributed by atoms with E-state index in [1.807, 2.05) is 12.3 Å². The van der Waals surface area contributed by atoms with Crippen molar-refractivity contribution in [3.63, 3.8) is 0 Å². The molecule has 0 saturated carbocycles. The Morgan fingerprint density at radius 3 is 2.47 bits per heavy atom. The van der Waals surface area contributed by atoms with E-state index >= 15 is 0 Å². The molecule has 0 aliphatic carbocycles. The molecule has 1 aromatic heterocycles. The molecule has 0 radical (unpaired) electrons. The average molecular weight is 222 g/mol. The van der Waals surface area contributed by atoms with Crippen molar-refractivity contribution < 1.29 is 0 Å². The highest BCUT2D eigenvalue weighted by Gasteiger charge is 2.16. The number of thiocarbonyl (C=S) groups is 1. The Kier molecular flexibility index (Phi) is 3.80. The molecule has 15 heavy (non-hydrogen) atoms. The van der Waals surface area contributed by atoms with Crippen LogP contribution in [0.1, 0.15) is 33.3 Å². The van der Waals surface area contributed by atoms with Crippen molar-refractivity contribution in [2.24, 2.45) is 5.41 Å². The van der Waals surface area contributed by atoms with E-state index in [1.165, 1.54) is 5.56 Å². The fourth-order valence-corrected chi connectivity index (χ4v) is 1.12. The smallest absolute Gasteiger partial charge is 0.130 e. The lowest BCUT2D eigenvalue weighted by atomic mass is 9.97. The van der Waals surface area contributed by atoms with Crippen LogP contribution in [0.15, 0.2) is 18.3 Å². The molecule has 0 bridgehead atoms. The van der Waals surface area contributed by atoms with E-state index in [0.29, 0.717) is 0 Å². The number of hydrogen-bond donors (Lipinski definition) is 1. The van der Waals surface area contributed by atoms with Crippen LogP contribution in [0.2, 0.25) is 0 Å². The van der Waals surface area contributed by atoms with Gasteiger partial charge in [0, 0.05) is 11.6 Å². The van der Waals surface area contributed by atoms with Gasteiger partial charge in [-0.2, -0.15) is 0 Å². The van der Waals surface area contributed by atoms with Crippen LogP contribution in [-0.2, 0) is 6.42 Å². The Balaban J connectivity index is 2.70. The molecule has 1 rings (SSSR count). The minimum absolute atomic E-state index is 0.0135. The zero-order valence-electron chi connectivity index (χ0n) is 9.79. The summed E-state index contributed by atoms with van der Waals surface area (Å²) in [6.07, 6.45) is 2.89. The molecular weight excluding hydrogens is 204 g/mol. The van der Waals surface area contributed by atoms with E-state index in [4.69, 9.17) is 12.2 Å². The number of hydrogen-bond acceptors (Lipinski definition) is 2. The first-order chi connectivity index (χ1) is 6.93. The van der Waals surface area contributed by atoms with Gasteiger partial charge in [0.2, 0.25) is 0 Å². The summed E-state index contributed by atoms with van der Waals surface area (Å²) in [6.45, 7) is 8.37. The molecule has 0 saturated heterocycles. The van der Waals surface area contributed by atoms with Gasteiger partial charge in [0.15, 0.2) is 0 Å². The van der Waals surface area contributed by atoms with E-state index < -0.39 is 0 Å². The lowest BCUT2D eigenvalue weighted by molar-refractivity contribution is 0.599. The number of aryl methyl sites for hydroxylation is 1. The molecule has 82 valence electrons. The molecule has 1 heterocycles. The Morgan fingerprint density at radius 2 is 2.07 bits per heavy atom. The molecule has 1 aromatic rings. The molecule has 0 atom stereocenters. The number of aromatic nitrogens is 1. The molecule has 1 N–H and O–H groups in total. The molecule has 0 aliphatic heterocycles. The van der Waals surface area contributed by atoms with Gasteiger partial charge < -0.3 is 5.32 Å². The van der Waals surface area contributed by atoms with Crippen molar-refractivity contribution >= 4 is 23.0 Å². The minimum Gasteiger partial charge on any atom is -0.334 e. The molecule has 0 aromatic carbocycles. The van der Waals surface area contributed by atoms with Gasteiger partial charge in [-0.25, -0.2) is 4.98 Å². The van der Waals surface area contributed by atoms with Gasteiger partial charge in [-0.3, -0.25) is 0 Å². The van der Waals surface area contributed by atoms with Crippen LogP contribution >= 0.6 is 12.2 Å². The van der Waals surface area contributed by atoms with Crippen molar-refractivity contribution in [1.29, 1.82) is 0 Å². The van der Waals surface area contributed by atoms with E-state index in [9.17, 15) is 0 Å². The van der Waals surface area contributed by atoms with Crippen LogP contribution in [0.5, 0.6) is 0 Å². The predicted molar refractivity (Wildman–Crippen MR) is 69.3 cm³/mol. The molecule has 2 nitrogen and oxygen atoms in total. The number of pyridine rings is 1. The average Bonchev–Trinajstić information content (AvgIpc) is 2.17. The summed E-state index contributed by atoms with van der Waals surface area (Å²) in [5.41, 5.74) is 1.22. The number of nitrogens with one attached hydrogen (secondary N) is 1. The van der Waals surface area contributed by atoms with E-state index in [2.05, 4.69) is 44.1 Å². The van der Waals surface area contributed by atoms with Gasteiger partial charge in [-0.1, -0.05) is 46.0 Å². The lowest BCUT2D eigenvalue weighted by Gasteiger charge is -2.20. The summed E-state index contributed by atoms with van der Waals surface area (Å²) in [4.78, 5) is 5.12. The number of rotatable bonds is 2. The zero-order valence-corrected chi connectivity index (χ0v) is 10.6. The van der Waals surface area contributed by atoms with Crippen LogP contribution in [0.4, 0.5) is 5.82 Å². The third-order valence-corrected chi connectivity index (χ3v) is 2.87. The molecular formula is C12H18N2S. The SMILES string of the molecule is CCc1ccc(NC(=S)C(C)(C)C)nc1. The summed E-state index contributed by atoms with van der Waals surface area (Å²) >= 11 is 5.28. The topological polar surface area (TPSA) is 24.9 Å². The second-order valence-electron chi connectivity index (χ2n) is 4.61. The molecule has 0 aliphatic rings. The summed E-state index contributed by atoms with van der Waals surface area (Å²) in [6, 6.07) is 4.04. The standard InChI is InChI=1S/C12H18N2S/c1-5-9-6-7-10(13-8-9)14-11(15)12(2,3)4/h6-8H,5H2,1-4H3,(H,13,14,15). The normalized spacial score (nSPS) is 11.2. The maximum absolute atomic E-state index is 5.28. The van der Waals surface area contributed by atoms with Crippen LogP contribution in [0, 0.1) is 5.41 Å². The van der Waals surface area contributed by atoms with Crippen LogP contribution < -0.4 is 5.32 Å². The number of nitrogens with zero attached hydrogens (tertiary/aromatic N) is 1. The first kappa shape index (κ1) is 12.1. The summed E-state index contributed by atoms with van der Waals surface area (Å²) in [5, 5.41) is 3.15. The first-order valence-corrected chi connectivity index (χ1v) is 5.60. The van der Waals surface area contributed by atoms with Gasteiger partial charge in [-0.15, -0.1) is 0 Å². The molecule has 0 fully saturated rings. The zero-order chi connectivity index (χ0) is 11.5. The van der Waals surface area contributed by atoms with Crippen molar-refractivity contribution in [2.45, 2.75) is 34.1 Å². The van der Waals surface area contributed by atoms with Crippen molar-refractivity contribution in [1.82, 2.24) is 4.98 Å². The third-order valence-electron chi connectivity index (χ3n) is 2.16. The monoisotopic (exact) mass is 222 g/mol. The fourth-order valence-electron chi connectivity index (χ4n) is 1.01. The highest BCUT2D eigenvalue weighted by molar-refractivity contribution is 7.80.